The third-order valence-electron chi connectivity index (χ3n) is 7.64. The summed E-state index contributed by atoms with van der Waals surface area (Å²) in [6.45, 7) is 8.80. The van der Waals surface area contributed by atoms with Gasteiger partial charge in [0, 0.05) is 16.1 Å². The molecule has 3 amide bonds. The molecule has 0 radical (unpaired) electrons. The summed E-state index contributed by atoms with van der Waals surface area (Å²) in [5.41, 5.74) is -1.18. The molecule has 15 heteroatoms. The molecular weight excluding hydrogens is 763 g/mol. The molecule has 0 saturated carbocycles. The predicted octanol–water partition coefficient (Wildman–Crippen LogP) is 8.82. The van der Waals surface area contributed by atoms with E-state index in [1.165, 1.54) is 57.2 Å². The predicted molar refractivity (Wildman–Crippen MR) is 207 cm³/mol. The molecule has 56 heavy (non-hydrogen) atoms. The van der Waals surface area contributed by atoms with Crippen molar-refractivity contribution in [2.24, 2.45) is 5.41 Å². The molecule has 1 atom stereocenters. The number of ether oxygens (including phenoxy) is 3. The minimum Gasteiger partial charge on any atom is -0.447 e. The Hall–Kier alpha value is -5.33. The van der Waals surface area contributed by atoms with Gasteiger partial charge in [-0.1, -0.05) is 90.5 Å². The quantitative estimate of drug-likeness (QED) is 0.0551. The van der Waals surface area contributed by atoms with Gasteiger partial charge in [0.05, 0.1) is 24.2 Å². The summed E-state index contributed by atoms with van der Waals surface area (Å²) in [4.78, 5) is 69.4. The van der Waals surface area contributed by atoms with Crippen molar-refractivity contribution in [2.75, 3.05) is 6.35 Å². The number of hydrogen-bond acceptors (Lipinski definition) is 11. The smallest absolute Gasteiger partial charge is 0.440 e. The molecule has 4 rings (SSSR count). The lowest BCUT2D eigenvalue weighted by atomic mass is 9.97. The van der Waals surface area contributed by atoms with Crippen molar-refractivity contribution >= 4 is 49.0 Å². The van der Waals surface area contributed by atoms with Gasteiger partial charge in [-0.3, -0.25) is 18.9 Å². The van der Waals surface area contributed by atoms with Crippen LogP contribution in [0.25, 0.3) is 0 Å². The Morgan fingerprint density at radius 2 is 1.11 bits per heavy atom. The lowest BCUT2D eigenvalue weighted by molar-refractivity contribution is -0.197. The largest absolute Gasteiger partial charge is 0.447 e. The van der Waals surface area contributed by atoms with Crippen LogP contribution in [-0.2, 0) is 50.6 Å². The van der Waals surface area contributed by atoms with E-state index >= 15 is 0 Å². The summed E-state index contributed by atoms with van der Waals surface area (Å²) in [6.07, 6.45) is -5.03. The maximum absolute atomic E-state index is 14.3. The highest BCUT2D eigenvalue weighted by atomic mass is 35.5. The van der Waals surface area contributed by atoms with Gasteiger partial charge in [0.2, 0.25) is 0 Å². The van der Waals surface area contributed by atoms with Crippen molar-refractivity contribution in [3.05, 3.63) is 143 Å². The molecule has 1 unspecified atom stereocenters. The number of rotatable bonds is 13. The maximum Gasteiger partial charge on any atom is 0.440 e. The monoisotopic (exact) mass is 806 g/mol. The van der Waals surface area contributed by atoms with Crippen molar-refractivity contribution in [3.8, 4) is 0 Å². The third-order valence-corrected chi connectivity index (χ3v) is 9.38. The second-order valence-electron chi connectivity index (χ2n) is 14.4. The number of hydrogen-bond donors (Lipinski definition) is 0. The summed E-state index contributed by atoms with van der Waals surface area (Å²) in [5, 5.41) is 1.55. The van der Waals surface area contributed by atoms with Crippen molar-refractivity contribution in [3.63, 3.8) is 0 Å². The Balaban J connectivity index is 1.68. The van der Waals surface area contributed by atoms with Crippen LogP contribution in [0.5, 0.6) is 0 Å². The van der Waals surface area contributed by atoms with Crippen molar-refractivity contribution < 1.29 is 51.8 Å². The number of hydrazine groups is 1. The number of benzene rings is 4. The SMILES string of the molecule is CC(C)(C)C(=O)OC(OC(=O)N(C(=O)c1ccc(Cl)cc1)N(C(=O)c1ccccc1)C(C)(C)C)C(=O)OCP(=O)(OCc1ccccc1)OCc1ccccc1. The summed E-state index contributed by atoms with van der Waals surface area (Å²) in [6, 6.07) is 30.8. The minimum atomic E-state index is -4.26. The number of halogens is 1. The fourth-order valence-corrected chi connectivity index (χ4v) is 6.05. The van der Waals surface area contributed by atoms with Gasteiger partial charge in [0.25, 0.3) is 11.8 Å². The fourth-order valence-electron chi connectivity index (χ4n) is 4.72. The molecule has 0 bridgehead atoms. The lowest BCUT2D eigenvalue weighted by Gasteiger charge is -2.41. The van der Waals surface area contributed by atoms with Crippen LogP contribution in [-0.4, -0.2) is 58.0 Å². The van der Waals surface area contributed by atoms with Crippen LogP contribution in [0.4, 0.5) is 4.79 Å². The number of imide groups is 1. The van der Waals surface area contributed by atoms with E-state index < -0.39 is 61.0 Å². The molecule has 0 heterocycles. The summed E-state index contributed by atoms with van der Waals surface area (Å²) in [5.74, 6) is -4.32. The van der Waals surface area contributed by atoms with Crippen molar-refractivity contribution in [2.45, 2.75) is 66.6 Å². The number of carbonyl (C=O) groups is 5. The molecule has 4 aromatic rings. The molecule has 0 fully saturated rings. The van der Waals surface area contributed by atoms with Gasteiger partial charge in [-0.15, -0.1) is 5.01 Å². The highest BCUT2D eigenvalue weighted by Crippen LogP contribution is 2.50. The Kier molecular flexibility index (Phi) is 14.7. The summed E-state index contributed by atoms with van der Waals surface area (Å²) in [7, 11) is -4.26. The van der Waals surface area contributed by atoms with E-state index in [4.69, 9.17) is 34.9 Å². The first kappa shape index (κ1) is 43.4. The molecule has 4 aromatic carbocycles. The van der Waals surface area contributed by atoms with Gasteiger partial charge in [-0.2, -0.15) is 0 Å². The zero-order valence-corrected chi connectivity index (χ0v) is 33.5. The van der Waals surface area contributed by atoms with E-state index in [0.29, 0.717) is 21.2 Å². The Bertz CT molecular complexity index is 1970. The molecule has 0 spiro atoms. The highest BCUT2D eigenvalue weighted by molar-refractivity contribution is 7.53. The second-order valence-corrected chi connectivity index (χ2v) is 16.8. The molecule has 13 nitrogen and oxygen atoms in total. The lowest BCUT2D eigenvalue weighted by Crippen LogP contribution is -2.61. The Morgan fingerprint density at radius 1 is 0.643 bits per heavy atom. The molecule has 0 N–H and O–H groups in total. The summed E-state index contributed by atoms with van der Waals surface area (Å²) < 4.78 is 41.5. The minimum absolute atomic E-state index is 0.0839. The Labute approximate surface area is 330 Å². The van der Waals surface area contributed by atoms with Gasteiger partial charge < -0.3 is 23.3 Å². The highest BCUT2D eigenvalue weighted by Gasteiger charge is 2.44. The van der Waals surface area contributed by atoms with Crippen LogP contribution in [0.3, 0.4) is 0 Å². The van der Waals surface area contributed by atoms with E-state index in [-0.39, 0.29) is 24.3 Å². The van der Waals surface area contributed by atoms with E-state index in [9.17, 15) is 28.5 Å². The van der Waals surface area contributed by atoms with Crippen LogP contribution >= 0.6 is 19.2 Å². The van der Waals surface area contributed by atoms with Crippen LogP contribution in [0.2, 0.25) is 5.02 Å². The normalized spacial score (nSPS) is 12.2. The average Bonchev–Trinajstić information content (AvgIpc) is 3.17. The Morgan fingerprint density at radius 3 is 1.57 bits per heavy atom. The van der Waals surface area contributed by atoms with Crippen LogP contribution in [0.15, 0.2) is 115 Å². The standard InChI is InChI=1S/C41H44ClN2O11P/c1-40(2,3)38(48)54-37(36(47)51-28-56(50,52-26-29-16-10-7-11-17-29)53-27-30-18-12-8-13-19-30)55-39(49)43(34(45)32-22-24-33(42)25-23-32)44(41(4,5)6)35(46)31-20-14-9-15-21-31/h7-25,37H,26-28H2,1-6H3. The number of amides is 3. The van der Waals surface area contributed by atoms with Gasteiger partial charge in [-0.05, 0) is 89.1 Å². The second kappa shape index (κ2) is 19.0. The van der Waals surface area contributed by atoms with Gasteiger partial charge in [-0.25, -0.2) is 14.6 Å². The first-order valence-corrected chi connectivity index (χ1v) is 19.5. The zero-order valence-electron chi connectivity index (χ0n) is 31.9. The molecular formula is C41H44ClN2O11P. The topological polar surface area (TPSA) is 155 Å². The number of esters is 2. The molecule has 0 aliphatic rings. The van der Waals surface area contributed by atoms with E-state index in [1.54, 1.807) is 99.6 Å². The molecule has 0 saturated heterocycles. The zero-order chi connectivity index (χ0) is 41.1. The van der Waals surface area contributed by atoms with Gasteiger partial charge in [0.15, 0.2) is 6.35 Å². The molecule has 0 aliphatic heterocycles. The van der Waals surface area contributed by atoms with Gasteiger partial charge >= 0.3 is 31.9 Å². The molecule has 0 aliphatic carbocycles. The first-order chi connectivity index (χ1) is 26.4. The average molecular weight is 807 g/mol. The molecule has 0 aromatic heterocycles. The number of carbonyl (C=O) groups excluding carboxylic acids is 5. The van der Waals surface area contributed by atoms with E-state index in [2.05, 4.69) is 0 Å². The van der Waals surface area contributed by atoms with Crippen LogP contribution in [0, 0.1) is 5.41 Å². The first-order valence-electron chi connectivity index (χ1n) is 17.4. The van der Waals surface area contributed by atoms with E-state index in [1.807, 2.05) is 0 Å². The van der Waals surface area contributed by atoms with Crippen molar-refractivity contribution in [1.29, 1.82) is 0 Å². The fraction of sp³-hybridized carbons (Fsp3) is 0.293. The van der Waals surface area contributed by atoms with Crippen molar-refractivity contribution in [1.82, 2.24) is 10.0 Å². The van der Waals surface area contributed by atoms with Crippen LogP contribution < -0.4 is 0 Å². The summed E-state index contributed by atoms with van der Waals surface area (Å²) >= 11 is 6.06. The van der Waals surface area contributed by atoms with E-state index in [0.717, 1.165) is 5.01 Å². The number of nitrogens with zero attached hydrogens (tertiary/aromatic N) is 2. The van der Waals surface area contributed by atoms with Gasteiger partial charge in [0.1, 0.15) is 0 Å². The maximum atomic E-state index is 14.3. The molecule has 296 valence electrons. The van der Waals surface area contributed by atoms with Crippen LogP contribution in [0.1, 0.15) is 73.4 Å². The third kappa shape index (κ3) is 12.3.